The fourth-order valence-electron chi connectivity index (χ4n) is 1.93. The second-order valence-electron chi connectivity index (χ2n) is 4.96. The third-order valence-corrected chi connectivity index (χ3v) is 5.15. The van der Waals surface area contributed by atoms with E-state index in [0.717, 1.165) is 22.6 Å². The first-order valence-corrected chi connectivity index (χ1v) is 8.14. The summed E-state index contributed by atoms with van der Waals surface area (Å²) in [6.45, 7) is 6.18. The third kappa shape index (κ3) is 2.45. The fourth-order valence-corrected chi connectivity index (χ4v) is 3.09. The van der Waals surface area contributed by atoms with Crippen molar-refractivity contribution < 1.29 is 8.42 Å². The molecular weight excluding hydrogens is 276 g/mol. The molecule has 6 nitrogen and oxygen atoms in total. The van der Waals surface area contributed by atoms with Crippen molar-refractivity contribution in [3.8, 4) is 0 Å². The van der Waals surface area contributed by atoms with Gasteiger partial charge in [-0.2, -0.15) is 0 Å². The Morgan fingerprint density at radius 1 is 1.40 bits per heavy atom. The molecule has 0 saturated heterocycles. The van der Waals surface area contributed by atoms with Gasteiger partial charge < -0.3 is 11.1 Å². The van der Waals surface area contributed by atoms with Crippen LogP contribution in [0.25, 0.3) is 11.0 Å². The lowest BCUT2D eigenvalue weighted by atomic mass is 10.2. The number of rotatable bonds is 5. The first-order valence-electron chi connectivity index (χ1n) is 6.64. The van der Waals surface area contributed by atoms with E-state index in [1.807, 2.05) is 12.1 Å². The lowest BCUT2D eigenvalue weighted by Crippen LogP contribution is -2.23. The van der Waals surface area contributed by atoms with Crippen molar-refractivity contribution in [1.82, 2.24) is 8.96 Å². The summed E-state index contributed by atoms with van der Waals surface area (Å²) in [5.41, 5.74) is 7.78. The van der Waals surface area contributed by atoms with Crippen LogP contribution in [0.1, 0.15) is 27.2 Å². The smallest absolute Gasteiger partial charge is 0.244 e. The van der Waals surface area contributed by atoms with E-state index in [2.05, 4.69) is 17.2 Å². The molecule has 0 saturated carbocycles. The van der Waals surface area contributed by atoms with Crippen molar-refractivity contribution in [2.75, 3.05) is 17.6 Å². The normalized spacial score (nSPS) is 12.2. The van der Waals surface area contributed by atoms with E-state index in [-0.39, 0.29) is 5.95 Å². The van der Waals surface area contributed by atoms with E-state index in [4.69, 9.17) is 5.73 Å². The fraction of sp³-hybridized carbons (Fsp3) is 0.462. The van der Waals surface area contributed by atoms with E-state index in [1.165, 1.54) is 0 Å². The lowest BCUT2D eigenvalue weighted by Gasteiger charge is -2.11. The maximum atomic E-state index is 12.3. The average Bonchev–Trinajstić information content (AvgIpc) is 2.71. The molecule has 1 heterocycles. The second kappa shape index (κ2) is 5.32. The van der Waals surface area contributed by atoms with E-state index in [1.54, 1.807) is 19.9 Å². The van der Waals surface area contributed by atoms with Crippen molar-refractivity contribution in [1.29, 1.82) is 0 Å². The molecule has 110 valence electrons. The summed E-state index contributed by atoms with van der Waals surface area (Å²) in [7, 11) is -3.51. The number of nitrogen functional groups attached to an aromatic ring is 1. The van der Waals surface area contributed by atoms with Gasteiger partial charge in [-0.1, -0.05) is 6.92 Å². The van der Waals surface area contributed by atoms with Crippen LogP contribution in [0.3, 0.4) is 0 Å². The van der Waals surface area contributed by atoms with Crippen molar-refractivity contribution >= 4 is 32.7 Å². The van der Waals surface area contributed by atoms with Crippen molar-refractivity contribution in [3.63, 3.8) is 0 Å². The highest BCUT2D eigenvalue weighted by Crippen LogP contribution is 2.24. The zero-order valence-corrected chi connectivity index (χ0v) is 12.7. The maximum absolute atomic E-state index is 12.3. The Bertz CT molecular complexity index is 719. The SMILES string of the molecule is CCCNc1ccc2c(c1)nc(N)n2S(=O)(=O)C(C)C. The highest BCUT2D eigenvalue weighted by atomic mass is 32.2. The minimum Gasteiger partial charge on any atom is -0.385 e. The monoisotopic (exact) mass is 296 g/mol. The molecule has 0 aliphatic rings. The van der Waals surface area contributed by atoms with Crippen molar-refractivity contribution in [3.05, 3.63) is 18.2 Å². The second-order valence-corrected chi connectivity index (χ2v) is 7.30. The molecule has 2 aromatic rings. The molecule has 0 atom stereocenters. The molecule has 0 bridgehead atoms. The van der Waals surface area contributed by atoms with Crippen LogP contribution in [0.15, 0.2) is 18.2 Å². The van der Waals surface area contributed by atoms with Gasteiger partial charge in [0.1, 0.15) is 0 Å². The van der Waals surface area contributed by atoms with E-state index in [0.29, 0.717) is 11.0 Å². The number of hydrogen-bond donors (Lipinski definition) is 2. The summed E-state index contributed by atoms with van der Waals surface area (Å²) >= 11 is 0. The molecule has 3 N–H and O–H groups in total. The number of nitrogens with one attached hydrogen (secondary N) is 1. The predicted molar refractivity (Wildman–Crippen MR) is 82.4 cm³/mol. The lowest BCUT2D eigenvalue weighted by molar-refractivity contribution is 0.580. The minimum absolute atomic E-state index is 0.00124. The summed E-state index contributed by atoms with van der Waals surface area (Å²) < 4.78 is 25.7. The standard InChI is InChI=1S/C13H20N4O2S/c1-4-7-15-10-5-6-12-11(8-10)16-13(14)17(12)20(18,19)9(2)3/h5-6,8-9,15H,4,7H2,1-3H3,(H2,14,16). The molecule has 20 heavy (non-hydrogen) atoms. The van der Waals surface area contributed by atoms with Gasteiger partial charge in [-0.3, -0.25) is 0 Å². The van der Waals surface area contributed by atoms with Crippen LogP contribution >= 0.6 is 0 Å². The van der Waals surface area contributed by atoms with Gasteiger partial charge in [0, 0.05) is 12.2 Å². The van der Waals surface area contributed by atoms with Gasteiger partial charge in [0.25, 0.3) is 0 Å². The summed E-state index contributed by atoms with van der Waals surface area (Å²) in [6.07, 6.45) is 1.01. The largest absolute Gasteiger partial charge is 0.385 e. The summed E-state index contributed by atoms with van der Waals surface area (Å²) in [6, 6.07) is 5.38. The topological polar surface area (TPSA) is 90.0 Å². The Balaban J connectivity index is 2.56. The van der Waals surface area contributed by atoms with Gasteiger partial charge in [0.05, 0.1) is 16.3 Å². The minimum atomic E-state index is -3.51. The highest BCUT2D eigenvalue weighted by molar-refractivity contribution is 7.90. The molecule has 0 spiro atoms. The Labute approximate surface area is 119 Å². The predicted octanol–water partition coefficient (Wildman–Crippen LogP) is 2.03. The molecular formula is C13H20N4O2S. The van der Waals surface area contributed by atoms with Crippen LogP contribution < -0.4 is 11.1 Å². The zero-order valence-electron chi connectivity index (χ0n) is 11.9. The van der Waals surface area contributed by atoms with Gasteiger partial charge in [-0.25, -0.2) is 17.4 Å². The van der Waals surface area contributed by atoms with Crippen LogP contribution in [0.5, 0.6) is 0 Å². The van der Waals surface area contributed by atoms with Crippen LogP contribution in [0, 0.1) is 0 Å². The van der Waals surface area contributed by atoms with Crippen molar-refractivity contribution in [2.45, 2.75) is 32.4 Å². The number of aromatic nitrogens is 2. The average molecular weight is 296 g/mol. The molecule has 1 aromatic heterocycles. The molecule has 0 radical (unpaired) electrons. The van der Waals surface area contributed by atoms with Gasteiger partial charge >= 0.3 is 0 Å². The molecule has 0 aliphatic carbocycles. The molecule has 0 unspecified atom stereocenters. The number of benzene rings is 1. The van der Waals surface area contributed by atoms with E-state index < -0.39 is 15.3 Å². The summed E-state index contributed by atoms with van der Waals surface area (Å²) in [5, 5.41) is 2.68. The Morgan fingerprint density at radius 2 is 2.10 bits per heavy atom. The van der Waals surface area contributed by atoms with Gasteiger partial charge in [0.15, 0.2) is 0 Å². The Hall–Kier alpha value is -1.76. The number of anilines is 2. The van der Waals surface area contributed by atoms with Crippen LogP contribution in [-0.2, 0) is 10.0 Å². The summed E-state index contributed by atoms with van der Waals surface area (Å²) in [4.78, 5) is 4.15. The summed E-state index contributed by atoms with van der Waals surface area (Å²) in [5.74, 6) is 0.00124. The van der Waals surface area contributed by atoms with Gasteiger partial charge in [-0.15, -0.1) is 0 Å². The highest BCUT2D eigenvalue weighted by Gasteiger charge is 2.24. The molecule has 0 amide bonds. The van der Waals surface area contributed by atoms with Crippen LogP contribution in [0.4, 0.5) is 11.6 Å². The van der Waals surface area contributed by atoms with Gasteiger partial charge in [0.2, 0.25) is 16.0 Å². The number of fused-ring (bicyclic) bond motifs is 1. The number of hydrogen-bond acceptors (Lipinski definition) is 5. The molecule has 2 rings (SSSR count). The number of imidazole rings is 1. The molecule has 0 aliphatic heterocycles. The van der Waals surface area contributed by atoms with Gasteiger partial charge in [-0.05, 0) is 38.5 Å². The molecule has 1 aromatic carbocycles. The first kappa shape index (κ1) is 14.6. The third-order valence-electron chi connectivity index (χ3n) is 3.07. The van der Waals surface area contributed by atoms with Crippen LogP contribution in [0.2, 0.25) is 0 Å². The first-order chi connectivity index (χ1) is 9.37. The van der Waals surface area contributed by atoms with Crippen molar-refractivity contribution in [2.24, 2.45) is 0 Å². The molecule has 0 fully saturated rings. The Kier molecular flexibility index (Phi) is 3.89. The molecule has 7 heteroatoms. The maximum Gasteiger partial charge on any atom is 0.244 e. The zero-order chi connectivity index (χ0) is 14.9. The Morgan fingerprint density at radius 3 is 2.70 bits per heavy atom. The quantitative estimate of drug-likeness (QED) is 0.881. The van der Waals surface area contributed by atoms with E-state index in [9.17, 15) is 8.42 Å². The van der Waals surface area contributed by atoms with E-state index >= 15 is 0 Å². The number of nitrogens with two attached hydrogens (primary N) is 1. The number of nitrogens with zero attached hydrogens (tertiary/aromatic N) is 2. The van der Waals surface area contributed by atoms with Crippen LogP contribution in [-0.4, -0.2) is 29.2 Å².